The van der Waals surface area contributed by atoms with Crippen molar-refractivity contribution in [3.05, 3.63) is 64.4 Å². The SMILES string of the molecule is C[C@H](N)c1ccc(F)cc1OCc1ccccc1Cl. The number of nitrogens with two attached hydrogens (primary N) is 1. The predicted molar refractivity (Wildman–Crippen MR) is 74.8 cm³/mol. The van der Waals surface area contributed by atoms with Gasteiger partial charge in [0.2, 0.25) is 0 Å². The maximum absolute atomic E-state index is 13.3. The summed E-state index contributed by atoms with van der Waals surface area (Å²) in [5.74, 6) is 0.105. The van der Waals surface area contributed by atoms with Gasteiger partial charge in [0.1, 0.15) is 18.2 Å². The van der Waals surface area contributed by atoms with Gasteiger partial charge < -0.3 is 10.5 Å². The molecule has 19 heavy (non-hydrogen) atoms. The lowest BCUT2D eigenvalue weighted by atomic mass is 10.1. The van der Waals surface area contributed by atoms with E-state index in [-0.39, 0.29) is 18.5 Å². The van der Waals surface area contributed by atoms with Crippen LogP contribution in [-0.4, -0.2) is 0 Å². The lowest BCUT2D eigenvalue weighted by molar-refractivity contribution is 0.300. The molecule has 100 valence electrons. The normalized spacial score (nSPS) is 12.2. The number of rotatable bonds is 4. The van der Waals surface area contributed by atoms with Crippen molar-refractivity contribution in [3.63, 3.8) is 0 Å². The summed E-state index contributed by atoms with van der Waals surface area (Å²) < 4.78 is 18.9. The minimum atomic E-state index is -0.349. The summed E-state index contributed by atoms with van der Waals surface area (Å²) in [7, 11) is 0. The van der Waals surface area contributed by atoms with Gasteiger partial charge in [0.15, 0.2) is 0 Å². The third-order valence-corrected chi connectivity index (χ3v) is 3.18. The summed E-state index contributed by atoms with van der Waals surface area (Å²) >= 11 is 6.05. The average Bonchev–Trinajstić information content (AvgIpc) is 2.37. The Morgan fingerprint density at radius 2 is 2.00 bits per heavy atom. The van der Waals surface area contributed by atoms with Gasteiger partial charge in [-0.15, -0.1) is 0 Å². The van der Waals surface area contributed by atoms with E-state index in [9.17, 15) is 4.39 Å². The van der Waals surface area contributed by atoms with Crippen LogP contribution < -0.4 is 10.5 Å². The zero-order valence-electron chi connectivity index (χ0n) is 10.6. The standard InChI is InChI=1S/C15H15ClFNO/c1-10(18)13-7-6-12(17)8-15(13)19-9-11-4-2-3-5-14(11)16/h2-8,10H,9,18H2,1H3/t10-/m0/s1. The van der Waals surface area contributed by atoms with Gasteiger partial charge >= 0.3 is 0 Å². The first kappa shape index (κ1) is 13.8. The third-order valence-electron chi connectivity index (χ3n) is 2.81. The summed E-state index contributed by atoms with van der Waals surface area (Å²) in [6.07, 6.45) is 0. The van der Waals surface area contributed by atoms with Gasteiger partial charge in [0.25, 0.3) is 0 Å². The molecular weight excluding hydrogens is 265 g/mol. The highest BCUT2D eigenvalue weighted by molar-refractivity contribution is 6.31. The van der Waals surface area contributed by atoms with Crippen molar-refractivity contribution >= 4 is 11.6 Å². The molecule has 0 heterocycles. The molecule has 2 aromatic rings. The summed E-state index contributed by atoms with van der Waals surface area (Å²) in [6, 6.07) is 11.5. The van der Waals surface area contributed by atoms with Gasteiger partial charge in [0, 0.05) is 28.3 Å². The molecule has 0 unspecified atom stereocenters. The molecule has 2 aromatic carbocycles. The zero-order valence-corrected chi connectivity index (χ0v) is 11.3. The van der Waals surface area contributed by atoms with E-state index < -0.39 is 0 Å². The number of hydrogen-bond acceptors (Lipinski definition) is 2. The minimum absolute atomic E-state index is 0.221. The number of halogens is 2. The second kappa shape index (κ2) is 6.04. The molecule has 0 bridgehead atoms. The molecule has 2 nitrogen and oxygen atoms in total. The lowest BCUT2D eigenvalue weighted by Crippen LogP contribution is -2.08. The molecule has 1 atom stereocenters. The maximum Gasteiger partial charge on any atom is 0.127 e. The van der Waals surface area contributed by atoms with Crippen LogP contribution in [-0.2, 0) is 6.61 Å². The molecule has 0 aliphatic heterocycles. The predicted octanol–water partition coefficient (Wildman–Crippen LogP) is 4.08. The molecule has 0 amide bonds. The molecule has 0 aliphatic carbocycles. The second-order valence-electron chi connectivity index (χ2n) is 4.35. The third kappa shape index (κ3) is 3.46. The van der Waals surface area contributed by atoms with Crippen LogP contribution in [0.3, 0.4) is 0 Å². The summed E-state index contributed by atoms with van der Waals surface area (Å²) in [6.45, 7) is 2.11. The summed E-state index contributed by atoms with van der Waals surface area (Å²) in [4.78, 5) is 0. The van der Waals surface area contributed by atoms with Crippen LogP contribution in [0, 0.1) is 5.82 Å². The lowest BCUT2D eigenvalue weighted by Gasteiger charge is -2.14. The van der Waals surface area contributed by atoms with Crippen LogP contribution in [0.2, 0.25) is 5.02 Å². The van der Waals surface area contributed by atoms with E-state index in [2.05, 4.69) is 0 Å². The summed E-state index contributed by atoms with van der Waals surface area (Å²) in [5, 5.41) is 0.626. The number of benzene rings is 2. The van der Waals surface area contributed by atoms with Crippen molar-refractivity contribution in [1.82, 2.24) is 0 Å². The Morgan fingerprint density at radius 3 is 2.68 bits per heavy atom. The van der Waals surface area contributed by atoms with Gasteiger partial charge in [0.05, 0.1) is 0 Å². The molecule has 0 radical (unpaired) electrons. The fourth-order valence-electron chi connectivity index (χ4n) is 1.78. The topological polar surface area (TPSA) is 35.2 Å². The van der Waals surface area contributed by atoms with Gasteiger partial charge in [-0.25, -0.2) is 4.39 Å². The second-order valence-corrected chi connectivity index (χ2v) is 4.76. The Morgan fingerprint density at radius 1 is 1.26 bits per heavy atom. The monoisotopic (exact) mass is 279 g/mol. The Bertz CT molecular complexity index is 572. The van der Waals surface area contributed by atoms with E-state index in [1.807, 2.05) is 25.1 Å². The largest absolute Gasteiger partial charge is 0.488 e. The molecular formula is C15H15ClFNO. The molecule has 2 rings (SSSR count). The van der Waals surface area contributed by atoms with E-state index in [0.717, 1.165) is 11.1 Å². The van der Waals surface area contributed by atoms with Crippen molar-refractivity contribution in [1.29, 1.82) is 0 Å². The average molecular weight is 280 g/mol. The molecule has 0 spiro atoms. The first-order chi connectivity index (χ1) is 9.08. The highest BCUT2D eigenvalue weighted by Gasteiger charge is 2.10. The first-order valence-electron chi connectivity index (χ1n) is 5.99. The van der Waals surface area contributed by atoms with Crippen LogP contribution in [0.15, 0.2) is 42.5 Å². The first-order valence-corrected chi connectivity index (χ1v) is 6.37. The van der Waals surface area contributed by atoms with Crippen LogP contribution in [0.4, 0.5) is 4.39 Å². The molecule has 4 heteroatoms. The van der Waals surface area contributed by atoms with Gasteiger partial charge in [-0.3, -0.25) is 0 Å². The maximum atomic E-state index is 13.3. The molecule has 0 aromatic heterocycles. The fraction of sp³-hybridized carbons (Fsp3) is 0.200. The minimum Gasteiger partial charge on any atom is -0.488 e. The smallest absolute Gasteiger partial charge is 0.127 e. The number of ether oxygens (including phenoxy) is 1. The van der Waals surface area contributed by atoms with E-state index >= 15 is 0 Å². The zero-order chi connectivity index (χ0) is 13.8. The number of hydrogen-bond donors (Lipinski definition) is 1. The Hall–Kier alpha value is -1.58. The van der Waals surface area contributed by atoms with Crippen molar-refractivity contribution < 1.29 is 9.13 Å². The highest BCUT2D eigenvalue weighted by Crippen LogP contribution is 2.26. The highest BCUT2D eigenvalue weighted by atomic mass is 35.5. The van der Waals surface area contributed by atoms with Gasteiger partial charge in [-0.05, 0) is 19.1 Å². The van der Waals surface area contributed by atoms with Gasteiger partial charge in [-0.1, -0.05) is 35.9 Å². The van der Waals surface area contributed by atoms with E-state index in [0.29, 0.717) is 10.8 Å². The molecule has 0 saturated heterocycles. The van der Waals surface area contributed by atoms with Crippen molar-refractivity contribution in [2.24, 2.45) is 5.73 Å². The van der Waals surface area contributed by atoms with Crippen LogP contribution in [0.25, 0.3) is 0 Å². The van der Waals surface area contributed by atoms with Crippen LogP contribution in [0.5, 0.6) is 5.75 Å². The fourth-order valence-corrected chi connectivity index (χ4v) is 1.97. The van der Waals surface area contributed by atoms with Crippen LogP contribution >= 0.6 is 11.6 Å². The van der Waals surface area contributed by atoms with Crippen molar-refractivity contribution in [2.45, 2.75) is 19.6 Å². The van der Waals surface area contributed by atoms with E-state index in [1.54, 1.807) is 12.1 Å². The van der Waals surface area contributed by atoms with E-state index in [1.165, 1.54) is 12.1 Å². The molecule has 2 N–H and O–H groups in total. The van der Waals surface area contributed by atoms with Gasteiger partial charge in [-0.2, -0.15) is 0 Å². The van der Waals surface area contributed by atoms with Crippen molar-refractivity contribution in [2.75, 3.05) is 0 Å². The Labute approximate surface area is 117 Å². The Kier molecular flexibility index (Phi) is 4.40. The quantitative estimate of drug-likeness (QED) is 0.915. The molecule has 0 aliphatic rings. The summed E-state index contributed by atoms with van der Waals surface area (Å²) in [5.41, 5.74) is 7.46. The van der Waals surface area contributed by atoms with Crippen molar-refractivity contribution in [3.8, 4) is 5.75 Å². The van der Waals surface area contributed by atoms with Crippen LogP contribution in [0.1, 0.15) is 24.1 Å². The molecule has 0 saturated carbocycles. The molecule has 0 fully saturated rings. The van der Waals surface area contributed by atoms with E-state index in [4.69, 9.17) is 22.1 Å². The Balaban J connectivity index is 2.19.